The number of pyridine rings is 1. The number of nitrogens with one attached hydrogen (secondary N) is 3. The van der Waals surface area contributed by atoms with Crippen LogP contribution in [0.4, 0.5) is 26.5 Å². The summed E-state index contributed by atoms with van der Waals surface area (Å²) >= 11 is 0. The first-order valence-electron chi connectivity index (χ1n) is 12.0. The molecule has 1 unspecified atom stereocenters. The SMILES string of the molecule is Cc1cc(F)c(NC(=O)Nc2cnn(C(C)(C)C)c2)cc1-c1cc2cnc(NC(C)CO)nc2n(C)c1=O. The van der Waals surface area contributed by atoms with E-state index in [-0.39, 0.29) is 35.4 Å². The second kappa shape index (κ2) is 10.2. The van der Waals surface area contributed by atoms with Crippen LogP contribution in [0.3, 0.4) is 0 Å². The molecule has 200 valence electrons. The predicted molar refractivity (Wildman–Crippen MR) is 145 cm³/mol. The fourth-order valence-corrected chi connectivity index (χ4v) is 3.87. The number of aliphatic hydroxyl groups is 1. The molecule has 0 saturated carbocycles. The summed E-state index contributed by atoms with van der Waals surface area (Å²) in [6.07, 6.45) is 4.76. The van der Waals surface area contributed by atoms with Crippen molar-refractivity contribution in [3.63, 3.8) is 0 Å². The van der Waals surface area contributed by atoms with Gasteiger partial charge in [0.25, 0.3) is 5.56 Å². The number of hydrogen-bond acceptors (Lipinski definition) is 7. The van der Waals surface area contributed by atoms with Crippen molar-refractivity contribution in [3.05, 3.63) is 58.5 Å². The second-order valence-electron chi connectivity index (χ2n) is 10.2. The van der Waals surface area contributed by atoms with Gasteiger partial charge in [-0.2, -0.15) is 10.1 Å². The summed E-state index contributed by atoms with van der Waals surface area (Å²) in [6, 6.07) is 3.44. The number of aryl methyl sites for hydroxylation is 2. The number of carbonyl (C=O) groups excluding carboxylic acids is 1. The fraction of sp³-hybridized carbons (Fsp3) is 0.346. The quantitative estimate of drug-likeness (QED) is 0.302. The number of halogens is 1. The average molecular weight is 523 g/mol. The summed E-state index contributed by atoms with van der Waals surface area (Å²) in [5.41, 5.74) is 1.44. The molecule has 4 aromatic rings. The number of fused-ring (bicyclic) bond motifs is 1. The minimum atomic E-state index is -0.649. The normalized spacial score (nSPS) is 12.4. The number of benzene rings is 1. The first-order chi connectivity index (χ1) is 17.9. The highest BCUT2D eigenvalue weighted by molar-refractivity contribution is 6.00. The molecule has 2 amide bonds. The third-order valence-corrected chi connectivity index (χ3v) is 5.98. The van der Waals surface area contributed by atoms with Crippen LogP contribution in [-0.4, -0.2) is 48.1 Å². The van der Waals surface area contributed by atoms with Gasteiger partial charge in [-0.15, -0.1) is 0 Å². The molecule has 1 aromatic carbocycles. The van der Waals surface area contributed by atoms with Gasteiger partial charge in [-0.25, -0.2) is 14.2 Å². The third kappa shape index (κ3) is 5.49. The molecule has 0 fully saturated rings. The zero-order valence-corrected chi connectivity index (χ0v) is 22.1. The number of amides is 2. The number of nitrogens with zero attached hydrogens (tertiary/aromatic N) is 5. The van der Waals surface area contributed by atoms with E-state index in [9.17, 15) is 19.1 Å². The lowest BCUT2D eigenvalue weighted by Gasteiger charge is -2.18. The maximum Gasteiger partial charge on any atom is 0.323 e. The molecule has 0 spiro atoms. The third-order valence-electron chi connectivity index (χ3n) is 5.98. The Bertz CT molecular complexity index is 1570. The van der Waals surface area contributed by atoms with Crippen molar-refractivity contribution in [3.8, 4) is 11.1 Å². The van der Waals surface area contributed by atoms with Crippen LogP contribution in [-0.2, 0) is 12.6 Å². The number of rotatable bonds is 6. The lowest BCUT2D eigenvalue weighted by molar-refractivity contribution is 0.262. The van der Waals surface area contributed by atoms with Crippen molar-refractivity contribution < 1.29 is 14.3 Å². The Kier molecular flexibility index (Phi) is 7.18. The number of hydrogen-bond donors (Lipinski definition) is 4. The minimum Gasteiger partial charge on any atom is -0.394 e. The van der Waals surface area contributed by atoms with E-state index >= 15 is 0 Å². The lowest BCUT2D eigenvalue weighted by Crippen LogP contribution is -2.23. The molecule has 0 radical (unpaired) electrons. The predicted octanol–water partition coefficient (Wildman–Crippen LogP) is 3.83. The molecule has 11 nitrogen and oxygen atoms in total. The Morgan fingerprint density at radius 3 is 2.55 bits per heavy atom. The van der Waals surface area contributed by atoms with Gasteiger partial charge in [-0.3, -0.25) is 14.0 Å². The Morgan fingerprint density at radius 1 is 1.16 bits per heavy atom. The summed E-state index contributed by atoms with van der Waals surface area (Å²) < 4.78 is 17.9. The molecule has 1 atom stereocenters. The molecule has 0 saturated heterocycles. The van der Waals surface area contributed by atoms with Crippen LogP contribution in [0.5, 0.6) is 0 Å². The van der Waals surface area contributed by atoms with Crippen LogP contribution in [0.1, 0.15) is 33.3 Å². The zero-order chi connectivity index (χ0) is 27.8. The standard InChI is InChI=1S/C26H31FN8O3/c1-14-7-20(27)21(32-25(38)31-17-11-29-35(12-17)26(3,4)5)9-18(14)19-8-16-10-28-24(30-15(2)13-36)33-22(16)34(6)23(19)37/h7-12,15,36H,13H2,1-6H3,(H,28,30,33)(H2,31,32,38). The summed E-state index contributed by atoms with van der Waals surface area (Å²) in [4.78, 5) is 34.6. The van der Waals surface area contributed by atoms with Crippen molar-refractivity contribution in [2.75, 3.05) is 22.6 Å². The van der Waals surface area contributed by atoms with E-state index in [2.05, 4.69) is 31.0 Å². The van der Waals surface area contributed by atoms with Gasteiger partial charge in [0.1, 0.15) is 11.5 Å². The van der Waals surface area contributed by atoms with E-state index in [0.29, 0.717) is 33.4 Å². The smallest absolute Gasteiger partial charge is 0.323 e. The molecular weight excluding hydrogens is 491 g/mol. The van der Waals surface area contributed by atoms with Crippen LogP contribution < -0.4 is 21.5 Å². The molecule has 4 rings (SSSR count). The van der Waals surface area contributed by atoms with Gasteiger partial charge in [0, 0.05) is 36.4 Å². The molecule has 0 aliphatic carbocycles. The molecule has 0 aliphatic rings. The summed E-state index contributed by atoms with van der Waals surface area (Å²) in [7, 11) is 1.59. The van der Waals surface area contributed by atoms with Crippen LogP contribution in [0.2, 0.25) is 0 Å². The maximum atomic E-state index is 14.8. The van der Waals surface area contributed by atoms with Crippen LogP contribution >= 0.6 is 0 Å². The molecule has 0 bridgehead atoms. The first kappa shape index (κ1) is 26.7. The summed E-state index contributed by atoms with van der Waals surface area (Å²) in [5.74, 6) is -0.355. The van der Waals surface area contributed by atoms with Crippen molar-refractivity contribution in [1.82, 2.24) is 24.3 Å². The average Bonchev–Trinajstić information content (AvgIpc) is 3.32. The van der Waals surface area contributed by atoms with Crippen LogP contribution in [0.15, 0.2) is 41.6 Å². The molecule has 0 aliphatic heterocycles. The maximum absolute atomic E-state index is 14.8. The Hall–Kier alpha value is -4.32. The largest absolute Gasteiger partial charge is 0.394 e. The number of urea groups is 1. The lowest BCUT2D eigenvalue weighted by atomic mass is 9.99. The molecule has 3 aromatic heterocycles. The van der Waals surface area contributed by atoms with E-state index in [4.69, 9.17) is 0 Å². The topological polar surface area (TPSA) is 139 Å². The highest BCUT2D eigenvalue weighted by Gasteiger charge is 2.18. The first-order valence-corrected chi connectivity index (χ1v) is 12.0. The van der Waals surface area contributed by atoms with Crippen molar-refractivity contribution in [2.24, 2.45) is 7.05 Å². The van der Waals surface area contributed by atoms with E-state index in [1.165, 1.54) is 22.9 Å². The molecule has 4 N–H and O–H groups in total. The Balaban J connectivity index is 1.65. The van der Waals surface area contributed by atoms with Gasteiger partial charge in [0.2, 0.25) is 5.95 Å². The van der Waals surface area contributed by atoms with Gasteiger partial charge in [0.05, 0.1) is 29.7 Å². The molecule has 38 heavy (non-hydrogen) atoms. The van der Waals surface area contributed by atoms with Crippen molar-refractivity contribution in [2.45, 2.75) is 46.2 Å². The summed E-state index contributed by atoms with van der Waals surface area (Å²) in [6.45, 7) is 9.29. The van der Waals surface area contributed by atoms with Crippen LogP contribution in [0.25, 0.3) is 22.2 Å². The number of carbonyl (C=O) groups is 1. The second-order valence-corrected chi connectivity index (χ2v) is 10.2. The van der Waals surface area contributed by atoms with Gasteiger partial charge in [-0.1, -0.05) is 0 Å². The van der Waals surface area contributed by atoms with Crippen LogP contribution in [0, 0.1) is 12.7 Å². The van der Waals surface area contributed by atoms with Crippen molar-refractivity contribution >= 4 is 34.4 Å². The summed E-state index contributed by atoms with van der Waals surface area (Å²) in [5, 5.41) is 22.2. The van der Waals surface area contributed by atoms with Gasteiger partial charge in [0.15, 0.2) is 0 Å². The molecular formula is C26H31FN8O3. The minimum absolute atomic E-state index is 0.0812. The number of aromatic nitrogens is 5. The van der Waals surface area contributed by atoms with E-state index in [1.807, 2.05) is 20.8 Å². The Morgan fingerprint density at radius 2 is 1.89 bits per heavy atom. The molecule has 12 heteroatoms. The monoisotopic (exact) mass is 522 g/mol. The van der Waals surface area contributed by atoms with E-state index < -0.39 is 11.8 Å². The van der Waals surface area contributed by atoms with E-state index in [0.717, 1.165) is 0 Å². The van der Waals surface area contributed by atoms with Gasteiger partial charge < -0.3 is 21.1 Å². The zero-order valence-electron chi connectivity index (χ0n) is 22.1. The highest BCUT2D eigenvalue weighted by Crippen LogP contribution is 2.29. The van der Waals surface area contributed by atoms with Gasteiger partial charge >= 0.3 is 6.03 Å². The van der Waals surface area contributed by atoms with Gasteiger partial charge in [-0.05, 0) is 63.9 Å². The Labute approximate surface area is 218 Å². The molecule has 3 heterocycles. The highest BCUT2D eigenvalue weighted by atomic mass is 19.1. The number of aliphatic hydroxyl groups excluding tert-OH is 1. The van der Waals surface area contributed by atoms with Crippen molar-refractivity contribution in [1.29, 1.82) is 0 Å². The number of anilines is 3. The fourth-order valence-electron chi connectivity index (χ4n) is 3.87. The van der Waals surface area contributed by atoms with E-state index in [1.54, 1.807) is 44.0 Å².